The number of H-pyrrole nitrogens is 1. The summed E-state index contributed by atoms with van der Waals surface area (Å²) in [6.45, 7) is 0. The molecule has 2 N–H and O–H groups in total. The van der Waals surface area contributed by atoms with Crippen LogP contribution in [0, 0.1) is 11.3 Å². The minimum absolute atomic E-state index is 0.595. The molecule has 7 heteroatoms. The summed E-state index contributed by atoms with van der Waals surface area (Å²) in [4.78, 5) is 4.17. The number of nitrogens with zero attached hydrogens (tertiary/aromatic N) is 1. The molecule has 4 nitrogen and oxygen atoms in total. The van der Waals surface area contributed by atoms with E-state index in [0.29, 0.717) is 21.4 Å². The van der Waals surface area contributed by atoms with Gasteiger partial charge in [-0.2, -0.15) is 5.26 Å². The highest BCUT2D eigenvalue weighted by molar-refractivity contribution is 8.00. The van der Waals surface area contributed by atoms with Gasteiger partial charge in [0.05, 0.1) is 32.9 Å². The average molecular weight is 426 g/mol. The van der Waals surface area contributed by atoms with E-state index in [1.807, 2.05) is 36.4 Å². The van der Waals surface area contributed by atoms with Crippen LogP contribution in [0.5, 0.6) is 11.5 Å². The first-order chi connectivity index (χ1) is 13.6. The third-order valence-electron chi connectivity index (χ3n) is 4.06. The van der Waals surface area contributed by atoms with Crippen molar-refractivity contribution in [2.75, 3.05) is 4.72 Å². The third kappa shape index (κ3) is 3.90. The highest BCUT2D eigenvalue weighted by Crippen LogP contribution is 2.36. The second kappa shape index (κ2) is 8.07. The Bertz CT molecular complexity index is 1170. The van der Waals surface area contributed by atoms with Crippen molar-refractivity contribution in [2.24, 2.45) is 0 Å². The van der Waals surface area contributed by atoms with Crippen LogP contribution in [0.3, 0.4) is 0 Å². The van der Waals surface area contributed by atoms with Gasteiger partial charge in [-0.1, -0.05) is 23.2 Å². The SMILES string of the molecule is N#Cc1ccc(Oc2ccc(SNc3ccc(Cl)c4c(Cl)c[nH]c34)cc2)cc1. The normalized spacial score (nSPS) is 10.6. The predicted molar refractivity (Wildman–Crippen MR) is 115 cm³/mol. The summed E-state index contributed by atoms with van der Waals surface area (Å²) in [5.74, 6) is 1.41. The summed E-state index contributed by atoms with van der Waals surface area (Å²) in [5, 5.41) is 10.9. The van der Waals surface area contributed by atoms with Crippen molar-refractivity contribution in [1.82, 2.24) is 4.98 Å². The van der Waals surface area contributed by atoms with Crippen LogP contribution < -0.4 is 9.46 Å². The molecule has 4 rings (SSSR count). The molecule has 0 aliphatic rings. The molecule has 0 atom stereocenters. The molecule has 0 unspecified atom stereocenters. The van der Waals surface area contributed by atoms with Crippen molar-refractivity contribution in [3.05, 3.63) is 82.5 Å². The maximum atomic E-state index is 8.84. The Morgan fingerprint density at radius 3 is 2.25 bits per heavy atom. The number of rotatable bonds is 5. The minimum atomic E-state index is 0.595. The monoisotopic (exact) mass is 425 g/mol. The van der Waals surface area contributed by atoms with Gasteiger partial charge in [-0.3, -0.25) is 0 Å². The second-order valence-electron chi connectivity index (χ2n) is 5.90. The van der Waals surface area contributed by atoms with E-state index in [-0.39, 0.29) is 0 Å². The Balaban J connectivity index is 1.44. The van der Waals surface area contributed by atoms with Gasteiger partial charge in [-0.15, -0.1) is 0 Å². The van der Waals surface area contributed by atoms with Crippen molar-refractivity contribution in [3.8, 4) is 17.6 Å². The van der Waals surface area contributed by atoms with E-state index in [0.717, 1.165) is 27.2 Å². The van der Waals surface area contributed by atoms with Crippen LogP contribution in [0.1, 0.15) is 5.56 Å². The molecule has 0 aliphatic heterocycles. The van der Waals surface area contributed by atoms with E-state index in [2.05, 4.69) is 15.8 Å². The van der Waals surface area contributed by atoms with Crippen LogP contribution in [0.25, 0.3) is 10.9 Å². The Labute approximate surface area is 176 Å². The molecule has 0 saturated heterocycles. The number of aromatic nitrogens is 1. The van der Waals surface area contributed by atoms with Crippen molar-refractivity contribution >= 4 is 51.7 Å². The molecule has 3 aromatic carbocycles. The fraction of sp³-hybridized carbons (Fsp3) is 0. The van der Waals surface area contributed by atoms with Gasteiger partial charge >= 0.3 is 0 Å². The predicted octanol–water partition coefficient (Wildman–Crippen LogP) is 7.26. The lowest BCUT2D eigenvalue weighted by atomic mass is 10.2. The van der Waals surface area contributed by atoms with Crippen LogP contribution in [0.2, 0.25) is 10.0 Å². The third-order valence-corrected chi connectivity index (χ3v) is 5.50. The Hall–Kier alpha value is -2.78. The molecule has 138 valence electrons. The summed E-state index contributed by atoms with van der Waals surface area (Å²) in [5.41, 5.74) is 2.37. The van der Waals surface area contributed by atoms with E-state index in [1.54, 1.807) is 30.5 Å². The highest BCUT2D eigenvalue weighted by Gasteiger charge is 2.10. The van der Waals surface area contributed by atoms with Gasteiger partial charge < -0.3 is 14.4 Å². The van der Waals surface area contributed by atoms with Crippen LogP contribution >= 0.6 is 35.1 Å². The average Bonchev–Trinajstić information content (AvgIpc) is 3.12. The number of fused-ring (bicyclic) bond motifs is 1. The first kappa shape index (κ1) is 18.6. The molecule has 0 fully saturated rings. The first-order valence-electron chi connectivity index (χ1n) is 8.30. The van der Waals surface area contributed by atoms with Crippen LogP contribution in [0.4, 0.5) is 5.69 Å². The van der Waals surface area contributed by atoms with Crippen molar-refractivity contribution in [1.29, 1.82) is 5.26 Å². The van der Waals surface area contributed by atoms with E-state index < -0.39 is 0 Å². The summed E-state index contributed by atoms with van der Waals surface area (Å²) in [6, 6.07) is 20.5. The summed E-state index contributed by atoms with van der Waals surface area (Å²) >= 11 is 13.9. The molecule has 1 aromatic heterocycles. The number of hydrogen-bond donors (Lipinski definition) is 2. The number of nitriles is 1. The number of benzene rings is 3. The van der Waals surface area contributed by atoms with Gasteiger partial charge in [0.2, 0.25) is 0 Å². The van der Waals surface area contributed by atoms with Gasteiger partial charge in [0.15, 0.2) is 0 Å². The van der Waals surface area contributed by atoms with Crippen LogP contribution in [0.15, 0.2) is 71.8 Å². The maximum Gasteiger partial charge on any atom is 0.127 e. The van der Waals surface area contributed by atoms with E-state index in [1.165, 1.54) is 11.9 Å². The number of hydrogen-bond acceptors (Lipinski definition) is 4. The summed E-state index contributed by atoms with van der Waals surface area (Å²) in [6.07, 6.45) is 1.73. The summed E-state index contributed by atoms with van der Waals surface area (Å²) in [7, 11) is 0. The molecule has 0 spiro atoms. The van der Waals surface area contributed by atoms with E-state index >= 15 is 0 Å². The molecule has 0 amide bonds. The topological polar surface area (TPSA) is 60.8 Å². The number of ether oxygens (including phenoxy) is 1. The fourth-order valence-electron chi connectivity index (χ4n) is 2.68. The van der Waals surface area contributed by atoms with Crippen LogP contribution in [-0.2, 0) is 0 Å². The van der Waals surface area contributed by atoms with Crippen molar-refractivity contribution in [2.45, 2.75) is 4.90 Å². The number of nitrogens with one attached hydrogen (secondary N) is 2. The van der Waals surface area contributed by atoms with Gasteiger partial charge in [0, 0.05) is 16.5 Å². The fourth-order valence-corrected chi connectivity index (χ4v) is 3.91. The zero-order chi connectivity index (χ0) is 19.5. The van der Waals surface area contributed by atoms with Crippen molar-refractivity contribution in [3.63, 3.8) is 0 Å². The lowest BCUT2D eigenvalue weighted by Crippen LogP contribution is -1.89. The van der Waals surface area contributed by atoms with Gasteiger partial charge in [-0.25, -0.2) is 0 Å². The highest BCUT2D eigenvalue weighted by atomic mass is 35.5. The number of halogens is 2. The Morgan fingerprint density at radius 1 is 0.893 bits per heavy atom. The maximum absolute atomic E-state index is 8.84. The molecule has 0 radical (unpaired) electrons. The lowest BCUT2D eigenvalue weighted by Gasteiger charge is -2.09. The quantitative estimate of drug-likeness (QED) is 0.330. The van der Waals surface area contributed by atoms with Crippen molar-refractivity contribution < 1.29 is 4.74 Å². The van der Waals surface area contributed by atoms with E-state index in [4.69, 9.17) is 33.2 Å². The largest absolute Gasteiger partial charge is 0.457 e. The molecular weight excluding hydrogens is 413 g/mol. The number of aromatic amines is 1. The lowest BCUT2D eigenvalue weighted by molar-refractivity contribution is 0.482. The zero-order valence-corrected chi connectivity index (χ0v) is 16.7. The molecule has 0 saturated carbocycles. The molecule has 4 aromatic rings. The first-order valence-corrected chi connectivity index (χ1v) is 9.87. The number of anilines is 1. The zero-order valence-electron chi connectivity index (χ0n) is 14.4. The Morgan fingerprint density at radius 2 is 1.57 bits per heavy atom. The standard InChI is InChI=1S/C21H13Cl2N3OS/c22-17-9-10-19(21-20(17)18(23)12-25-21)26-28-16-7-5-15(6-8-16)27-14-3-1-13(11-24)2-4-14/h1-10,12,25-26H. The van der Waals surface area contributed by atoms with Gasteiger partial charge in [-0.05, 0) is 72.6 Å². The van der Waals surface area contributed by atoms with Gasteiger partial charge in [0.1, 0.15) is 11.5 Å². The molecule has 1 heterocycles. The van der Waals surface area contributed by atoms with Crippen LogP contribution in [-0.4, -0.2) is 4.98 Å². The minimum Gasteiger partial charge on any atom is -0.457 e. The second-order valence-corrected chi connectivity index (χ2v) is 7.59. The molecule has 28 heavy (non-hydrogen) atoms. The Kier molecular flexibility index (Phi) is 5.36. The molecule has 0 bridgehead atoms. The smallest absolute Gasteiger partial charge is 0.127 e. The summed E-state index contributed by atoms with van der Waals surface area (Å²) < 4.78 is 9.12. The molecular formula is C21H13Cl2N3OS. The molecule has 0 aliphatic carbocycles. The van der Waals surface area contributed by atoms with Gasteiger partial charge in [0.25, 0.3) is 0 Å². The van der Waals surface area contributed by atoms with E-state index in [9.17, 15) is 0 Å².